The molecule has 0 saturated carbocycles. The number of hydrogen-bond donors (Lipinski definition) is 2. The zero-order chi connectivity index (χ0) is 17.2. The second kappa shape index (κ2) is 13.7. The number of carbonyl (C=O) groups excluding carboxylic acids is 2. The molecule has 148 valence electrons. The molecule has 1 saturated heterocycles. The van der Waals surface area contributed by atoms with Crippen molar-refractivity contribution in [1.29, 1.82) is 0 Å². The van der Waals surface area contributed by atoms with Crippen LogP contribution in [0.2, 0.25) is 0 Å². The lowest BCUT2D eigenvalue weighted by Gasteiger charge is -2.36. The maximum atomic E-state index is 12.2. The van der Waals surface area contributed by atoms with Gasteiger partial charge in [-0.2, -0.15) is 0 Å². The third-order valence-electron chi connectivity index (χ3n) is 4.25. The van der Waals surface area contributed by atoms with Gasteiger partial charge in [0.15, 0.2) is 0 Å². The first-order chi connectivity index (χ1) is 11.7. The number of piperazine rings is 1. The van der Waals surface area contributed by atoms with Gasteiger partial charge in [0.25, 0.3) is 0 Å². The average molecular weight is 405 g/mol. The summed E-state index contributed by atoms with van der Waals surface area (Å²) in [6.07, 6.45) is 1.70. The fourth-order valence-electron chi connectivity index (χ4n) is 2.83. The number of halogens is 2. The summed E-state index contributed by atoms with van der Waals surface area (Å²) in [5.41, 5.74) is 1.21. The van der Waals surface area contributed by atoms with E-state index in [1.165, 1.54) is 5.69 Å². The largest absolute Gasteiger partial charge is 0.368 e. The van der Waals surface area contributed by atoms with Crippen molar-refractivity contribution in [1.82, 2.24) is 15.5 Å². The number of carbonyl (C=O) groups is 2. The smallest absolute Gasteiger partial charge is 0.224 e. The van der Waals surface area contributed by atoms with E-state index >= 15 is 0 Å². The summed E-state index contributed by atoms with van der Waals surface area (Å²) in [5, 5.41) is 5.83. The van der Waals surface area contributed by atoms with E-state index in [2.05, 4.69) is 27.7 Å². The number of anilines is 1. The lowest BCUT2D eigenvalue weighted by molar-refractivity contribution is -0.131. The highest BCUT2D eigenvalue weighted by Gasteiger charge is 2.20. The van der Waals surface area contributed by atoms with Crippen LogP contribution in [-0.2, 0) is 9.59 Å². The highest BCUT2D eigenvalue weighted by atomic mass is 35.5. The van der Waals surface area contributed by atoms with Gasteiger partial charge in [0.1, 0.15) is 0 Å². The Bertz CT molecular complexity index is 523. The Kier molecular flexibility index (Phi) is 12.9. The molecule has 2 amide bonds. The van der Waals surface area contributed by atoms with Gasteiger partial charge < -0.3 is 20.4 Å². The SMILES string of the molecule is CNCCCC(=O)NCCC(=O)N1CCN(c2ccccc2)CC1.Cl.Cl. The molecule has 8 heteroatoms. The van der Waals surface area contributed by atoms with E-state index in [1.807, 2.05) is 30.1 Å². The van der Waals surface area contributed by atoms with Gasteiger partial charge in [-0.1, -0.05) is 18.2 Å². The van der Waals surface area contributed by atoms with Crippen LogP contribution in [0.15, 0.2) is 30.3 Å². The van der Waals surface area contributed by atoms with Crippen molar-refractivity contribution < 1.29 is 9.59 Å². The van der Waals surface area contributed by atoms with Crippen molar-refractivity contribution in [2.45, 2.75) is 19.3 Å². The van der Waals surface area contributed by atoms with Crippen molar-refractivity contribution in [3.8, 4) is 0 Å². The second-order valence-electron chi connectivity index (χ2n) is 6.01. The van der Waals surface area contributed by atoms with Crippen molar-refractivity contribution >= 4 is 42.3 Å². The molecule has 2 rings (SSSR count). The second-order valence-corrected chi connectivity index (χ2v) is 6.01. The maximum Gasteiger partial charge on any atom is 0.224 e. The fourth-order valence-corrected chi connectivity index (χ4v) is 2.83. The maximum absolute atomic E-state index is 12.2. The van der Waals surface area contributed by atoms with Crippen molar-refractivity contribution in [2.24, 2.45) is 0 Å². The first-order valence-electron chi connectivity index (χ1n) is 8.70. The van der Waals surface area contributed by atoms with Gasteiger partial charge >= 0.3 is 0 Å². The van der Waals surface area contributed by atoms with Crippen LogP contribution in [0.25, 0.3) is 0 Å². The Labute approximate surface area is 168 Å². The first kappa shape index (κ1) is 24.5. The lowest BCUT2D eigenvalue weighted by Crippen LogP contribution is -2.49. The molecule has 0 aromatic heterocycles. The van der Waals surface area contributed by atoms with Crippen LogP contribution in [0.1, 0.15) is 19.3 Å². The van der Waals surface area contributed by atoms with E-state index in [0.29, 0.717) is 19.4 Å². The van der Waals surface area contributed by atoms with Crippen molar-refractivity contribution in [2.75, 3.05) is 51.2 Å². The summed E-state index contributed by atoms with van der Waals surface area (Å²) in [7, 11) is 1.87. The molecule has 0 atom stereocenters. The molecule has 1 aromatic carbocycles. The molecular weight excluding hydrogens is 375 g/mol. The number of benzene rings is 1. The zero-order valence-electron chi connectivity index (χ0n) is 15.3. The zero-order valence-corrected chi connectivity index (χ0v) is 16.9. The van der Waals surface area contributed by atoms with Gasteiger partial charge in [0.2, 0.25) is 11.8 Å². The van der Waals surface area contributed by atoms with Gasteiger partial charge in [-0.25, -0.2) is 0 Å². The molecule has 1 aliphatic rings. The molecule has 6 nitrogen and oxygen atoms in total. The summed E-state index contributed by atoms with van der Waals surface area (Å²) in [6, 6.07) is 10.3. The van der Waals surface area contributed by atoms with E-state index in [1.54, 1.807) is 0 Å². The van der Waals surface area contributed by atoms with Crippen molar-refractivity contribution in [3.63, 3.8) is 0 Å². The lowest BCUT2D eigenvalue weighted by atomic mass is 10.2. The molecule has 0 radical (unpaired) electrons. The highest BCUT2D eigenvalue weighted by molar-refractivity contribution is 5.85. The summed E-state index contributed by atoms with van der Waals surface area (Å²) in [6.45, 7) is 4.44. The third-order valence-corrected chi connectivity index (χ3v) is 4.25. The Morgan fingerprint density at radius 3 is 2.23 bits per heavy atom. The van der Waals surface area contributed by atoms with Crippen LogP contribution in [0.4, 0.5) is 5.69 Å². The summed E-state index contributed by atoms with van der Waals surface area (Å²) in [4.78, 5) is 28.0. The molecule has 1 fully saturated rings. The third kappa shape index (κ3) is 8.25. The van der Waals surface area contributed by atoms with Crippen LogP contribution >= 0.6 is 24.8 Å². The Hall–Kier alpha value is -1.50. The molecule has 0 spiro atoms. The van der Waals surface area contributed by atoms with E-state index in [9.17, 15) is 9.59 Å². The quantitative estimate of drug-likeness (QED) is 0.646. The highest BCUT2D eigenvalue weighted by Crippen LogP contribution is 2.15. The average Bonchev–Trinajstić information content (AvgIpc) is 2.63. The predicted molar refractivity (Wildman–Crippen MR) is 111 cm³/mol. The molecular formula is C18H30Cl2N4O2. The van der Waals surface area contributed by atoms with Gasteiger partial charge in [0, 0.05) is 51.3 Å². The van der Waals surface area contributed by atoms with Crippen LogP contribution in [0.3, 0.4) is 0 Å². The first-order valence-corrected chi connectivity index (χ1v) is 8.70. The minimum Gasteiger partial charge on any atom is -0.368 e. The van der Waals surface area contributed by atoms with Gasteiger partial charge in [-0.15, -0.1) is 24.8 Å². The Morgan fingerprint density at radius 1 is 0.962 bits per heavy atom. The van der Waals surface area contributed by atoms with Crippen LogP contribution in [0.5, 0.6) is 0 Å². The van der Waals surface area contributed by atoms with Crippen molar-refractivity contribution in [3.05, 3.63) is 30.3 Å². The number of nitrogens with zero attached hydrogens (tertiary/aromatic N) is 2. The molecule has 0 unspecified atom stereocenters. The number of amides is 2. The molecule has 1 aromatic rings. The topological polar surface area (TPSA) is 64.7 Å². The molecule has 0 aliphatic carbocycles. The number of hydrogen-bond acceptors (Lipinski definition) is 4. The number of rotatable bonds is 8. The van der Waals surface area contributed by atoms with Crippen LogP contribution in [-0.4, -0.2) is 63.0 Å². The molecule has 0 bridgehead atoms. The number of para-hydroxylation sites is 1. The number of nitrogens with one attached hydrogen (secondary N) is 2. The van der Waals surface area contributed by atoms with Crippen LogP contribution < -0.4 is 15.5 Å². The minimum absolute atomic E-state index is 0. The Morgan fingerprint density at radius 2 is 1.62 bits per heavy atom. The van der Waals surface area contributed by atoms with E-state index < -0.39 is 0 Å². The van der Waals surface area contributed by atoms with Crippen LogP contribution in [0, 0.1) is 0 Å². The monoisotopic (exact) mass is 404 g/mol. The molecule has 2 N–H and O–H groups in total. The molecule has 26 heavy (non-hydrogen) atoms. The summed E-state index contributed by atoms with van der Waals surface area (Å²) in [5.74, 6) is 0.144. The fraction of sp³-hybridized carbons (Fsp3) is 0.556. The van der Waals surface area contributed by atoms with Gasteiger partial charge in [-0.3, -0.25) is 9.59 Å². The molecule has 1 aliphatic heterocycles. The van der Waals surface area contributed by atoms with E-state index in [0.717, 1.165) is 39.1 Å². The standard InChI is InChI=1S/C18H28N4O2.2ClH/c1-19-10-5-8-17(23)20-11-9-18(24)22-14-12-21(13-15-22)16-6-3-2-4-7-16;;/h2-4,6-7,19H,5,8-15H2,1H3,(H,20,23);2*1H. The molecule has 1 heterocycles. The Balaban J connectivity index is 0.00000312. The van der Waals surface area contributed by atoms with Gasteiger partial charge in [-0.05, 0) is 32.1 Å². The van der Waals surface area contributed by atoms with Gasteiger partial charge in [0.05, 0.1) is 0 Å². The van der Waals surface area contributed by atoms with E-state index in [4.69, 9.17) is 0 Å². The minimum atomic E-state index is 0. The normalized spacial score (nSPS) is 13.4. The summed E-state index contributed by atoms with van der Waals surface area (Å²) >= 11 is 0. The summed E-state index contributed by atoms with van der Waals surface area (Å²) < 4.78 is 0. The predicted octanol–water partition coefficient (Wildman–Crippen LogP) is 1.68. The van der Waals surface area contributed by atoms with E-state index in [-0.39, 0.29) is 36.6 Å².